The van der Waals surface area contributed by atoms with Gasteiger partial charge in [-0.15, -0.1) is 0 Å². The second-order valence-corrected chi connectivity index (χ2v) is 2.77. The molecule has 0 fully saturated rings. The lowest BCUT2D eigenvalue weighted by Gasteiger charge is -2.00. The number of carbonyl (C=O) groups is 3. The average Bonchev–Trinajstić information content (AvgIpc) is 2.16. The van der Waals surface area contributed by atoms with Gasteiger partial charge in [0.25, 0.3) is 0 Å². The van der Waals surface area contributed by atoms with E-state index in [-0.39, 0.29) is 5.57 Å². The van der Waals surface area contributed by atoms with Crippen molar-refractivity contribution in [3.63, 3.8) is 0 Å². The Kier molecular flexibility index (Phi) is 6.19. The third-order valence-electron chi connectivity index (χ3n) is 1.38. The molecule has 0 unspecified atom stereocenters. The van der Waals surface area contributed by atoms with Gasteiger partial charge in [0, 0.05) is 11.6 Å². The van der Waals surface area contributed by atoms with Gasteiger partial charge < -0.3 is 9.84 Å². The van der Waals surface area contributed by atoms with Crippen molar-refractivity contribution in [1.29, 1.82) is 0 Å². The molecular weight excluding hydrogens is 212 g/mol. The minimum atomic E-state index is -1.21. The van der Waals surface area contributed by atoms with Crippen LogP contribution >= 0.6 is 0 Å². The van der Waals surface area contributed by atoms with Crippen molar-refractivity contribution >= 4 is 17.9 Å². The van der Waals surface area contributed by atoms with E-state index in [9.17, 15) is 14.4 Å². The molecule has 0 aromatic heterocycles. The third-order valence-corrected chi connectivity index (χ3v) is 1.38. The van der Waals surface area contributed by atoms with Crippen LogP contribution in [-0.2, 0) is 19.1 Å². The first-order valence-electron chi connectivity index (χ1n) is 4.42. The lowest BCUT2D eigenvalue weighted by Crippen LogP contribution is -2.14. The van der Waals surface area contributed by atoms with Gasteiger partial charge in [-0.25, -0.2) is 9.59 Å². The number of carboxylic acids is 1. The van der Waals surface area contributed by atoms with Crippen LogP contribution in [0.25, 0.3) is 0 Å². The third kappa shape index (κ3) is 6.31. The van der Waals surface area contributed by atoms with Crippen molar-refractivity contribution in [2.45, 2.75) is 13.3 Å². The Morgan fingerprint density at radius 3 is 2.44 bits per heavy atom. The standard InChI is InChI=1S/C11H12O5/c1-3-4-5-6-10(14)16-11(15)8(2)7-9(12)13/h3-6H,2,7H2,1H3,(H,12,13). The fourth-order valence-corrected chi connectivity index (χ4v) is 0.698. The van der Waals surface area contributed by atoms with Crippen LogP contribution in [0.4, 0.5) is 0 Å². The maximum atomic E-state index is 11.1. The van der Waals surface area contributed by atoms with Crippen LogP contribution < -0.4 is 0 Å². The van der Waals surface area contributed by atoms with E-state index < -0.39 is 24.3 Å². The summed E-state index contributed by atoms with van der Waals surface area (Å²) in [4.78, 5) is 32.3. The summed E-state index contributed by atoms with van der Waals surface area (Å²) in [5, 5.41) is 8.36. The van der Waals surface area contributed by atoms with Crippen LogP contribution in [-0.4, -0.2) is 23.0 Å². The summed E-state index contributed by atoms with van der Waals surface area (Å²) >= 11 is 0. The van der Waals surface area contributed by atoms with Crippen LogP contribution in [0.3, 0.4) is 0 Å². The fourth-order valence-electron chi connectivity index (χ4n) is 0.698. The van der Waals surface area contributed by atoms with Crippen LogP contribution in [0.2, 0.25) is 0 Å². The fraction of sp³-hybridized carbons (Fsp3) is 0.182. The number of esters is 2. The Balaban J connectivity index is 4.19. The summed E-state index contributed by atoms with van der Waals surface area (Å²) in [6, 6.07) is 0. The number of hydrogen-bond acceptors (Lipinski definition) is 4. The molecule has 0 aromatic carbocycles. The highest BCUT2D eigenvalue weighted by Crippen LogP contribution is 2.01. The van der Waals surface area contributed by atoms with E-state index in [4.69, 9.17) is 5.11 Å². The monoisotopic (exact) mass is 224 g/mol. The van der Waals surface area contributed by atoms with E-state index in [2.05, 4.69) is 11.3 Å². The lowest BCUT2D eigenvalue weighted by atomic mass is 10.2. The van der Waals surface area contributed by atoms with Crippen molar-refractivity contribution in [2.75, 3.05) is 0 Å². The number of aliphatic carboxylic acids is 1. The van der Waals surface area contributed by atoms with Gasteiger partial charge in [-0.1, -0.05) is 24.8 Å². The summed E-state index contributed by atoms with van der Waals surface area (Å²) in [6.07, 6.45) is 5.17. The van der Waals surface area contributed by atoms with E-state index >= 15 is 0 Å². The molecule has 0 aromatic rings. The first kappa shape index (κ1) is 13.8. The van der Waals surface area contributed by atoms with Gasteiger partial charge in [-0.05, 0) is 6.92 Å². The predicted molar refractivity (Wildman–Crippen MR) is 56.4 cm³/mol. The normalized spacial score (nSPS) is 10.6. The Bertz CT molecular complexity index is 363. The molecule has 0 aliphatic heterocycles. The minimum absolute atomic E-state index is 0.278. The molecule has 0 amide bonds. The Hall–Kier alpha value is -2.17. The van der Waals surface area contributed by atoms with E-state index in [1.54, 1.807) is 19.1 Å². The number of rotatable bonds is 5. The maximum absolute atomic E-state index is 11.1. The van der Waals surface area contributed by atoms with E-state index in [1.807, 2.05) is 0 Å². The van der Waals surface area contributed by atoms with Crippen molar-refractivity contribution in [1.82, 2.24) is 0 Å². The molecule has 0 rings (SSSR count). The topological polar surface area (TPSA) is 80.7 Å². The van der Waals surface area contributed by atoms with Gasteiger partial charge in [-0.2, -0.15) is 0 Å². The number of ether oxygens (including phenoxy) is 1. The predicted octanol–water partition coefficient (Wildman–Crippen LogP) is 1.22. The van der Waals surface area contributed by atoms with Crippen LogP contribution in [0, 0.1) is 0 Å². The molecule has 0 spiro atoms. The molecule has 0 aliphatic carbocycles. The highest BCUT2D eigenvalue weighted by atomic mass is 16.6. The largest absolute Gasteiger partial charge is 0.481 e. The second kappa shape index (κ2) is 7.17. The van der Waals surface area contributed by atoms with Gasteiger partial charge in [-0.3, -0.25) is 4.79 Å². The molecule has 0 atom stereocenters. The van der Waals surface area contributed by atoms with E-state index in [0.717, 1.165) is 6.08 Å². The first-order chi connectivity index (χ1) is 7.47. The number of carboxylic acid groups (broad SMARTS) is 1. The number of hydrogen-bond donors (Lipinski definition) is 1. The number of carbonyl (C=O) groups excluding carboxylic acids is 2. The highest BCUT2D eigenvalue weighted by Gasteiger charge is 2.14. The maximum Gasteiger partial charge on any atom is 0.341 e. The highest BCUT2D eigenvalue weighted by molar-refractivity contribution is 6.01. The summed E-state index contributed by atoms with van der Waals surface area (Å²) in [5.74, 6) is -3.11. The van der Waals surface area contributed by atoms with Crippen LogP contribution in [0.5, 0.6) is 0 Å². The molecule has 0 saturated carbocycles. The van der Waals surface area contributed by atoms with Gasteiger partial charge in [0.2, 0.25) is 0 Å². The Morgan fingerprint density at radius 1 is 1.31 bits per heavy atom. The molecular formula is C11H12O5. The Morgan fingerprint density at radius 2 is 1.94 bits per heavy atom. The summed E-state index contributed by atoms with van der Waals surface area (Å²) in [6.45, 7) is 4.96. The molecule has 0 bridgehead atoms. The zero-order valence-corrected chi connectivity index (χ0v) is 8.80. The van der Waals surface area contributed by atoms with E-state index in [1.165, 1.54) is 6.08 Å². The second-order valence-electron chi connectivity index (χ2n) is 2.77. The van der Waals surface area contributed by atoms with Gasteiger partial charge in [0.1, 0.15) is 0 Å². The zero-order valence-electron chi connectivity index (χ0n) is 8.80. The van der Waals surface area contributed by atoms with Crippen molar-refractivity contribution in [3.8, 4) is 0 Å². The summed E-state index contributed by atoms with van der Waals surface area (Å²) in [5.41, 5.74) is -0.278. The molecule has 0 saturated heterocycles. The molecule has 0 heterocycles. The van der Waals surface area contributed by atoms with Crippen molar-refractivity contribution in [3.05, 3.63) is 36.5 Å². The molecule has 5 nitrogen and oxygen atoms in total. The quantitative estimate of drug-likeness (QED) is 0.328. The molecule has 16 heavy (non-hydrogen) atoms. The zero-order chi connectivity index (χ0) is 12.6. The molecule has 0 radical (unpaired) electrons. The number of allylic oxidation sites excluding steroid dienone is 3. The van der Waals surface area contributed by atoms with Gasteiger partial charge in [0.15, 0.2) is 0 Å². The van der Waals surface area contributed by atoms with Gasteiger partial charge >= 0.3 is 17.9 Å². The summed E-state index contributed by atoms with van der Waals surface area (Å²) < 4.78 is 4.30. The van der Waals surface area contributed by atoms with Crippen molar-refractivity contribution in [2.24, 2.45) is 0 Å². The molecule has 5 heteroatoms. The van der Waals surface area contributed by atoms with E-state index in [0.29, 0.717) is 0 Å². The molecule has 86 valence electrons. The van der Waals surface area contributed by atoms with Gasteiger partial charge in [0.05, 0.1) is 6.42 Å². The average molecular weight is 224 g/mol. The smallest absolute Gasteiger partial charge is 0.341 e. The molecule has 0 aliphatic rings. The Labute approximate surface area is 92.7 Å². The van der Waals surface area contributed by atoms with Crippen LogP contribution in [0.1, 0.15) is 13.3 Å². The lowest BCUT2D eigenvalue weighted by molar-refractivity contribution is -0.154. The summed E-state index contributed by atoms with van der Waals surface area (Å²) in [7, 11) is 0. The minimum Gasteiger partial charge on any atom is -0.481 e. The SMILES string of the molecule is C=C(CC(=O)O)C(=O)OC(=O)C=CC=CC. The van der Waals surface area contributed by atoms with Crippen LogP contribution in [0.15, 0.2) is 36.5 Å². The first-order valence-corrected chi connectivity index (χ1v) is 4.42. The van der Waals surface area contributed by atoms with Crippen molar-refractivity contribution < 1.29 is 24.2 Å². The molecule has 1 N–H and O–H groups in total.